The second kappa shape index (κ2) is 9.94. The van der Waals surface area contributed by atoms with Crippen molar-refractivity contribution in [2.24, 2.45) is 0 Å². The molecule has 2 rings (SSSR count). The number of nitrogens with zero attached hydrogens (tertiary/aromatic N) is 1. The number of hydrogen-bond acceptors (Lipinski definition) is 3. The maximum Gasteiger partial charge on any atom is 0.232 e. The van der Waals surface area contributed by atoms with Gasteiger partial charge in [0, 0.05) is 24.5 Å². The van der Waals surface area contributed by atoms with Gasteiger partial charge in [0.15, 0.2) is 0 Å². The summed E-state index contributed by atoms with van der Waals surface area (Å²) in [4.78, 5) is 12.1. The molecule has 2 aromatic rings. The van der Waals surface area contributed by atoms with Crippen molar-refractivity contribution in [1.82, 2.24) is 5.32 Å². The molecule has 0 aromatic heterocycles. The summed E-state index contributed by atoms with van der Waals surface area (Å²) in [5.74, 6) is -0.0797. The topological polar surface area (TPSA) is 66.5 Å². The van der Waals surface area contributed by atoms with Crippen LogP contribution < -0.4 is 9.62 Å². The van der Waals surface area contributed by atoms with Crippen LogP contribution in [-0.2, 0) is 21.2 Å². The Hall–Kier alpha value is -2.05. The lowest BCUT2D eigenvalue weighted by molar-refractivity contribution is -0.121. The Morgan fingerprint density at radius 3 is 2.25 bits per heavy atom. The summed E-state index contributed by atoms with van der Waals surface area (Å²) in [6.45, 7) is 4.59. The lowest BCUT2D eigenvalue weighted by Crippen LogP contribution is -2.33. The van der Waals surface area contributed by atoms with Crippen LogP contribution >= 0.6 is 11.6 Å². The number of halogens is 1. The molecule has 0 aliphatic rings. The fourth-order valence-electron chi connectivity index (χ4n) is 3.11. The number of rotatable bonds is 9. The number of sulfonamides is 1. The van der Waals surface area contributed by atoms with E-state index in [4.69, 9.17) is 11.6 Å². The van der Waals surface area contributed by atoms with Crippen molar-refractivity contribution in [3.05, 3.63) is 64.2 Å². The molecule has 5 nitrogen and oxygen atoms in total. The SMILES string of the molecule is Cc1cccc(C)c1N(CCCC(=O)NCCc1ccc(Cl)cc1)S(C)(=O)=O. The molecule has 0 radical (unpaired) electrons. The average molecular weight is 423 g/mol. The van der Waals surface area contributed by atoms with Gasteiger partial charge in [-0.3, -0.25) is 9.10 Å². The van der Waals surface area contributed by atoms with Crippen molar-refractivity contribution < 1.29 is 13.2 Å². The minimum Gasteiger partial charge on any atom is -0.356 e. The van der Waals surface area contributed by atoms with Crippen LogP contribution in [-0.4, -0.2) is 33.7 Å². The number of carbonyl (C=O) groups is 1. The highest BCUT2D eigenvalue weighted by Gasteiger charge is 2.20. The fraction of sp³-hybridized carbons (Fsp3) is 0.381. The number of nitrogens with one attached hydrogen (secondary N) is 1. The predicted molar refractivity (Wildman–Crippen MR) is 116 cm³/mol. The molecule has 0 fully saturated rings. The van der Waals surface area contributed by atoms with E-state index in [1.54, 1.807) is 0 Å². The van der Waals surface area contributed by atoms with E-state index in [-0.39, 0.29) is 18.9 Å². The number of hydrogen-bond donors (Lipinski definition) is 1. The summed E-state index contributed by atoms with van der Waals surface area (Å²) < 4.78 is 26.0. The second-order valence-corrected chi connectivity index (χ2v) is 9.25. The number of anilines is 1. The van der Waals surface area contributed by atoms with E-state index in [1.165, 1.54) is 10.6 Å². The van der Waals surface area contributed by atoms with Gasteiger partial charge in [0.25, 0.3) is 0 Å². The second-order valence-electron chi connectivity index (χ2n) is 6.91. The zero-order valence-corrected chi connectivity index (χ0v) is 18.1. The van der Waals surface area contributed by atoms with E-state index < -0.39 is 10.0 Å². The minimum absolute atomic E-state index is 0.0797. The Balaban J connectivity index is 1.86. The van der Waals surface area contributed by atoms with Gasteiger partial charge in [-0.15, -0.1) is 0 Å². The third kappa shape index (κ3) is 6.53. The van der Waals surface area contributed by atoms with Crippen LogP contribution in [0.15, 0.2) is 42.5 Å². The van der Waals surface area contributed by atoms with Crippen LogP contribution in [0.2, 0.25) is 5.02 Å². The molecule has 0 aliphatic carbocycles. The zero-order chi connectivity index (χ0) is 20.7. The largest absolute Gasteiger partial charge is 0.356 e. The quantitative estimate of drug-likeness (QED) is 0.667. The first-order chi connectivity index (χ1) is 13.2. The van der Waals surface area contributed by atoms with Crippen LogP contribution in [0.5, 0.6) is 0 Å². The van der Waals surface area contributed by atoms with E-state index in [0.717, 1.165) is 23.1 Å². The van der Waals surface area contributed by atoms with Crippen LogP contribution in [0.25, 0.3) is 0 Å². The fourth-order valence-corrected chi connectivity index (χ4v) is 4.32. The van der Waals surface area contributed by atoms with Gasteiger partial charge in [0.1, 0.15) is 0 Å². The van der Waals surface area contributed by atoms with Crippen LogP contribution in [0.1, 0.15) is 29.5 Å². The number of para-hydroxylation sites is 1. The van der Waals surface area contributed by atoms with E-state index in [1.807, 2.05) is 56.3 Å². The molecular formula is C21H27ClN2O3S. The molecule has 7 heteroatoms. The van der Waals surface area contributed by atoms with Crippen LogP contribution in [0.4, 0.5) is 5.69 Å². The zero-order valence-electron chi connectivity index (χ0n) is 16.5. The normalized spacial score (nSPS) is 11.3. The third-order valence-electron chi connectivity index (χ3n) is 4.50. The van der Waals surface area contributed by atoms with Crippen molar-refractivity contribution >= 4 is 33.2 Å². The Morgan fingerprint density at radius 1 is 1.07 bits per heavy atom. The highest BCUT2D eigenvalue weighted by molar-refractivity contribution is 7.92. The average Bonchev–Trinajstić information content (AvgIpc) is 2.61. The first-order valence-corrected chi connectivity index (χ1v) is 11.5. The minimum atomic E-state index is -3.43. The maximum atomic E-state index is 12.3. The van der Waals surface area contributed by atoms with Gasteiger partial charge >= 0.3 is 0 Å². The smallest absolute Gasteiger partial charge is 0.232 e. The van der Waals surface area contributed by atoms with Crippen molar-refractivity contribution in [3.8, 4) is 0 Å². The van der Waals surface area contributed by atoms with Gasteiger partial charge in [-0.1, -0.05) is 41.9 Å². The summed E-state index contributed by atoms with van der Waals surface area (Å²) in [6, 6.07) is 13.2. The Labute approximate surface area is 172 Å². The van der Waals surface area contributed by atoms with Crippen molar-refractivity contribution in [2.45, 2.75) is 33.1 Å². The van der Waals surface area contributed by atoms with Gasteiger partial charge in [-0.2, -0.15) is 0 Å². The molecule has 0 atom stereocenters. The standard InChI is InChI=1S/C21H27ClN2O3S/c1-16-6-4-7-17(2)21(16)24(28(3,26)27)15-5-8-20(25)23-14-13-18-9-11-19(22)12-10-18/h4,6-7,9-12H,5,8,13-15H2,1-3H3,(H,23,25). The summed E-state index contributed by atoms with van der Waals surface area (Å²) in [7, 11) is -3.43. The number of amides is 1. The summed E-state index contributed by atoms with van der Waals surface area (Å²) >= 11 is 5.86. The first-order valence-electron chi connectivity index (χ1n) is 9.23. The number of carbonyl (C=O) groups excluding carboxylic acids is 1. The van der Waals surface area contributed by atoms with Crippen LogP contribution in [0.3, 0.4) is 0 Å². The molecule has 0 heterocycles. The van der Waals surface area contributed by atoms with Crippen LogP contribution in [0, 0.1) is 13.8 Å². The molecule has 28 heavy (non-hydrogen) atoms. The van der Waals surface area contributed by atoms with Crippen molar-refractivity contribution in [2.75, 3.05) is 23.7 Å². The first kappa shape index (κ1) is 22.2. The Bertz CT molecular complexity index is 891. The molecule has 0 unspecified atom stereocenters. The van der Waals surface area contributed by atoms with E-state index >= 15 is 0 Å². The summed E-state index contributed by atoms with van der Waals surface area (Å²) in [6.07, 6.45) is 2.65. The summed E-state index contributed by atoms with van der Waals surface area (Å²) in [5, 5.41) is 3.57. The highest BCUT2D eigenvalue weighted by Crippen LogP contribution is 2.27. The lowest BCUT2D eigenvalue weighted by atomic mass is 10.1. The molecule has 152 valence electrons. The van der Waals surface area contributed by atoms with Gasteiger partial charge in [-0.05, 0) is 55.5 Å². The lowest BCUT2D eigenvalue weighted by Gasteiger charge is -2.26. The Morgan fingerprint density at radius 2 is 1.68 bits per heavy atom. The molecule has 1 N–H and O–H groups in total. The van der Waals surface area contributed by atoms with Crippen molar-refractivity contribution in [3.63, 3.8) is 0 Å². The summed E-state index contributed by atoms with van der Waals surface area (Å²) in [5.41, 5.74) is 3.60. The predicted octanol–water partition coefficient (Wildman–Crippen LogP) is 3.86. The highest BCUT2D eigenvalue weighted by atomic mass is 35.5. The number of aryl methyl sites for hydroxylation is 2. The molecule has 0 saturated heterocycles. The molecule has 0 aliphatic heterocycles. The maximum absolute atomic E-state index is 12.3. The van der Waals surface area contributed by atoms with Gasteiger partial charge in [-0.25, -0.2) is 8.42 Å². The monoisotopic (exact) mass is 422 g/mol. The van der Waals surface area contributed by atoms with E-state index in [0.29, 0.717) is 23.7 Å². The van der Waals surface area contributed by atoms with E-state index in [9.17, 15) is 13.2 Å². The molecule has 2 aromatic carbocycles. The molecule has 0 bridgehead atoms. The van der Waals surface area contributed by atoms with Gasteiger partial charge < -0.3 is 5.32 Å². The molecule has 1 amide bonds. The van der Waals surface area contributed by atoms with Gasteiger partial charge in [0.2, 0.25) is 15.9 Å². The molecular weight excluding hydrogens is 396 g/mol. The molecule has 0 spiro atoms. The van der Waals surface area contributed by atoms with E-state index in [2.05, 4.69) is 5.32 Å². The van der Waals surface area contributed by atoms with Gasteiger partial charge in [0.05, 0.1) is 11.9 Å². The third-order valence-corrected chi connectivity index (χ3v) is 5.92. The Kier molecular flexibility index (Phi) is 7.89. The van der Waals surface area contributed by atoms with Crippen molar-refractivity contribution in [1.29, 1.82) is 0 Å². The number of benzene rings is 2. The molecule has 0 saturated carbocycles.